The molecule has 4 rings (SSSR count). The summed E-state index contributed by atoms with van der Waals surface area (Å²) in [6.45, 7) is 4.15. The maximum atomic E-state index is 12.6. The van der Waals surface area contributed by atoms with Crippen molar-refractivity contribution in [3.05, 3.63) is 24.4 Å². The molecule has 3 heterocycles. The van der Waals surface area contributed by atoms with Crippen molar-refractivity contribution in [1.82, 2.24) is 20.0 Å². The number of carbonyl (C=O) groups is 2. The Morgan fingerprint density at radius 2 is 1.93 bits per heavy atom. The smallest absolute Gasteiger partial charge is 0.321 e. The SMILES string of the molecule is O=C(CCC1CCN(C(=O)Nc2cccc3cn[nH]c23)CC1)N1CCOCC1. The first-order chi connectivity index (χ1) is 13.7. The van der Waals surface area contributed by atoms with Gasteiger partial charge in [0.15, 0.2) is 0 Å². The monoisotopic (exact) mass is 385 g/mol. The highest BCUT2D eigenvalue weighted by Crippen LogP contribution is 2.25. The van der Waals surface area contributed by atoms with E-state index in [0.717, 1.165) is 48.9 Å². The molecule has 0 atom stereocenters. The van der Waals surface area contributed by atoms with Gasteiger partial charge in [0.25, 0.3) is 0 Å². The zero-order valence-corrected chi connectivity index (χ0v) is 16.0. The topological polar surface area (TPSA) is 90.6 Å². The van der Waals surface area contributed by atoms with Crippen LogP contribution >= 0.6 is 0 Å². The van der Waals surface area contributed by atoms with E-state index in [1.165, 1.54) is 0 Å². The van der Waals surface area contributed by atoms with Crippen molar-refractivity contribution in [2.75, 3.05) is 44.7 Å². The summed E-state index contributed by atoms with van der Waals surface area (Å²) >= 11 is 0. The molecule has 28 heavy (non-hydrogen) atoms. The molecule has 0 radical (unpaired) electrons. The number of anilines is 1. The van der Waals surface area contributed by atoms with E-state index < -0.39 is 0 Å². The molecule has 2 aliphatic rings. The van der Waals surface area contributed by atoms with Crippen LogP contribution in [0.5, 0.6) is 0 Å². The Morgan fingerprint density at radius 1 is 1.14 bits per heavy atom. The van der Waals surface area contributed by atoms with Crippen LogP contribution < -0.4 is 5.32 Å². The Bertz CT molecular complexity index is 822. The predicted octanol–water partition coefficient (Wildman–Crippen LogP) is 2.45. The van der Waals surface area contributed by atoms with Crippen LogP contribution in [0.1, 0.15) is 25.7 Å². The van der Waals surface area contributed by atoms with Crippen LogP contribution in [0.3, 0.4) is 0 Å². The number of aromatic amines is 1. The van der Waals surface area contributed by atoms with Gasteiger partial charge >= 0.3 is 6.03 Å². The standard InChI is InChI=1S/C20H27N5O3/c26-18(24-10-12-28-13-11-24)5-4-15-6-8-25(9-7-15)20(27)22-17-3-1-2-16-14-21-23-19(16)17/h1-3,14-15H,4-13H2,(H,21,23)(H,22,27). The third kappa shape index (κ3) is 4.27. The highest BCUT2D eigenvalue weighted by molar-refractivity contribution is 5.99. The Kier molecular flexibility index (Phi) is 5.76. The van der Waals surface area contributed by atoms with Crippen LogP contribution in [-0.4, -0.2) is 71.3 Å². The number of carbonyl (C=O) groups excluding carboxylic acids is 2. The van der Waals surface area contributed by atoms with Crippen LogP contribution in [0.25, 0.3) is 10.9 Å². The average molecular weight is 385 g/mol. The number of ether oxygens (including phenoxy) is 1. The zero-order chi connectivity index (χ0) is 19.3. The van der Waals surface area contributed by atoms with Crippen molar-refractivity contribution in [3.63, 3.8) is 0 Å². The number of hydrogen-bond donors (Lipinski definition) is 2. The molecule has 1 aromatic carbocycles. The van der Waals surface area contributed by atoms with E-state index in [1.54, 1.807) is 6.20 Å². The zero-order valence-electron chi connectivity index (χ0n) is 16.0. The minimum atomic E-state index is -0.0788. The second-order valence-corrected chi connectivity index (χ2v) is 7.53. The van der Waals surface area contributed by atoms with Crippen molar-refractivity contribution in [3.8, 4) is 0 Å². The van der Waals surface area contributed by atoms with Crippen molar-refractivity contribution in [2.24, 2.45) is 5.92 Å². The molecule has 0 spiro atoms. The maximum Gasteiger partial charge on any atom is 0.321 e. The van der Waals surface area contributed by atoms with Crippen LogP contribution in [0.2, 0.25) is 0 Å². The van der Waals surface area contributed by atoms with Gasteiger partial charge in [-0.15, -0.1) is 0 Å². The Balaban J connectivity index is 1.23. The van der Waals surface area contributed by atoms with E-state index in [4.69, 9.17) is 4.74 Å². The number of aromatic nitrogens is 2. The molecule has 0 aliphatic carbocycles. The van der Waals surface area contributed by atoms with E-state index in [0.29, 0.717) is 38.6 Å². The summed E-state index contributed by atoms with van der Waals surface area (Å²) in [6, 6.07) is 5.66. The predicted molar refractivity (Wildman–Crippen MR) is 106 cm³/mol. The molecule has 0 unspecified atom stereocenters. The average Bonchev–Trinajstić information content (AvgIpc) is 3.23. The third-order valence-electron chi connectivity index (χ3n) is 5.75. The normalized spacial score (nSPS) is 18.4. The number of amides is 3. The van der Waals surface area contributed by atoms with E-state index >= 15 is 0 Å². The Labute approximate surface area is 164 Å². The molecule has 150 valence electrons. The highest BCUT2D eigenvalue weighted by atomic mass is 16.5. The molecular weight excluding hydrogens is 358 g/mol. The van der Waals surface area contributed by atoms with Crippen LogP contribution in [-0.2, 0) is 9.53 Å². The number of piperidine rings is 1. The number of rotatable bonds is 4. The lowest BCUT2D eigenvalue weighted by Gasteiger charge is -2.32. The molecular formula is C20H27N5O3. The van der Waals surface area contributed by atoms with Gasteiger partial charge in [-0.2, -0.15) is 5.10 Å². The molecule has 3 amide bonds. The fourth-order valence-corrected chi connectivity index (χ4v) is 3.99. The van der Waals surface area contributed by atoms with Gasteiger partial charge in [-0.1, -0.05) is 12.1 Å². The van der Waals surface area contributed by atoms with E-state index in [2.05, 4.69) is 15.5 Å². The molecule has 2 fully saturated rings. The molecule has 8 heteroatoms. The van der Waals surface area contributed by atoms with Crippen LogP contribution in [0.15, 0.2) is 24.4 Å². The molecule has 0 bridgehead atoms. The number of fused-ring (bicyclic) bond motifs is 1. The summed E-state index contributed by atoms with van der Waals surface area (Å²) in [7, 11) is 0. The first-order valence-corrected chi connectivity index (χ1v) is 10.0. The lowest BCUT2D eigenvalue weighted by molar-refractivity contribution is -0.135. The summed E-state index contributed by atoms with van der Waals surface area (Å²) in [5.41, 5.74) is 1.59. The number of nitrogens with zero attached hydrogens (tertiary/aromatic N) is 3. The minimum absolute atomic E-state index is 0.0788. The number of likely N-dealkylation sites (tertiary alicyclic amines) is 1. The lowest BCUT2D eigenvalue weighted by atomic mass is 9.92. The van der Waals surface area contributed by atoms with Gasteiger partial charge in [0, 0.05) is 38.0 Å². The quantitative estimate of drug-likeness (QED) is 0.846. The fraction of sp³-hybridized carbons (Fsp3) is 0.550. The highest BCUT2D eigenvalue weighted by Gasteiger charge is 2.25. The first-order valence-electron chi connectivity index (χ1n) is 10.0. The second kappa shape index (κ2) is 8.60. The van der Waals surface area contributed by atoms with Gasteiger partial charge in [0.2, 0.25) is 5.91 Å². The van der Waals surface area contributed by atoms with Gasteiger partial charge in [-0.25, -0.2) is 4.79 Å². The molecule has 2 aliphatic heterocycles. The molecule has 2 saturated heterocycles. The molecule has 1 aromatic heterocycles. The van der Waals surface area contributed by atoms with Crippen LogP contribution in [0, 0.1) is 5.92 Å². The van der Waals surface area contributed by atoms with Crippen LogP contribution in [0.4, 0.5) is 10.5 Å². The summed E-state index contributed by atoms with van der Waals surface area (Å²) < 4.78 is 5.30. The number of H-pyrrole nitrogens is 1. The summed E-state index contributed by atoms with van der Waals surface area (Å²) in [6.07, 6.45) is 5.13. The van der Waals surface area contributed by atoms with Crippen molar-refractivity contribution < 1.29 is 14.3 Å². The Hall–Kier alpha value is -2.61. The maximum absolute atomic E-state index is 12.6. The fourth-order valence-electron chi connectivity index (χ4n) is 3.99. The van der Waals surface area contributed by atoms with E-state index in [9.17, 15) is 9.59 Å². The summed E-state index contributed by atoms with van der Waals surface area (Å²) in [5, 5.41) is 10.9. The first kappa shape index (κ1) is 18.7. The number of hydrogen-bond acceptors (Lipinski definition) is 4. The Morgan fingerprint density at radius 3 is 2.71 bits per heavy atom. The van der Waals surface area contributed by atoms with Gasteiger partial charge in [-0.3, -0.25) is 9.89 Å². The molecule has 2 aromatic rings. The third-order valence-corrected chi connectivity index (χ3v) is 5.75. The van der Waals surface area contributed by atoms with Crippen molar-refractivity contribution in [2.45, 2.75) is 25.7 Å². The van der Waals surface area contributed by atoms with Gasteiger partial charge in [0.1, 0.15) is 0 Å². The lowest BCUT2D eigenvalue weighted by Crippen LogP contribution is -2.42. The van der Waals surface area contributed by atoms with Gasteiger partial charge < -0.3 is 19.9 Å². The summed E-state index contributed by atoms with van der Waals surface area (Å²) in [4.78, 5) is 28.7. The molecule has 0 saturated carbocycles. The molecule has 8 nitrogen and oxygen atoms in total. The minimum Gasteiger partial charge on any atom is -0.378 e. The largest absolute Gasteiger partial charge is 0.378 e. The van der Waals surface area contributed by atoms with E-state index in [-0.39, 0.29) is 11.9 Å². The van der Waals surface area contributed by atoms with Crippen molar-refractivity contribution in [1.29, 1.82) is 0 Å². The second-order valence-electron chi connectivity index (χ2n) is 7.53. The number of nitrogens with one attached hydrogen (secondary N) is 2. The number of para-hydroxylation sites is 1. The number of benzene rings is 1. The molecule has 2 N–H and O–H groups in total. The van der Waals surface area contributed by atoms with Gasteiger partial charge in [-0.05, 0) is 31.2 Å². The van der Waals surface area contributed by atoms with Gasteiger partial charge in [0.05, 0.1) is 30.6 Å². The van der Waals surface area contributed by atoms with Crippen molar-refractivity contribution >= 4 is 28.5 Å². The number of morpholine rings is 1. The summed E-state index contributed by atoms with van der Waals surface area (Å²) in [5.74, 6) is 0.737. The number of urea groups is 1. The van der Waals surface area contributed by atoms with E-state index in [1.807, 2.05) is 28.0 Å².